The average Bonchev–Trinajstić information content (AvgIpc) is 3.21. The van der Waals surface area contributed by atoms with Crippen molar-refractivity contribution in [2.45, 2.75) is 31.2 Å². The highest BCUT2D eigenvalue weighted by molar-refractivity contribution is 8.00. The number of aryl methyl sites for hydroxylation is 2. The number of benzene rings is 1. The Labute approximate surface area is 149 Å². The molecular weight excluding hydrogens is 338 g/mol. The molecule has 8 heteroatoms. The van der Waals surface area contributed by atoms with E-state index in [2.05, 4.69) is 15.5 Å². The first-order valence-corrected chi connectivity index (χ1v) is 8.63. The third-order valence-electron chi connectivity index (χ3n) is 3.79. The number of nitrogens with one attached hydrogen (secondary N) is 1. The highest BCUT2D eigenvalue weighted by atomic mass is 32.2. The zero-order chi connectivity index (χ0) is 18.0. The molecule has 1 aromatic carbocycles. The van der Waals surface area contributed by atoms with E-state index in [1.807, 2.05) is 32.0 Å². The number of amides is 1. The van der Waals surface area contributed by atoms with Crippen molar-refractivity contribution in [3.05, 3.63) is 47.7 Å². The Morgan fingerprint density at radius 1 is 1.24 bits per heavy atom. The van der Waals surface area contributed by atoms with E-state index in [0.29, 0.717) is 16.7 Å². The first-order valence-electron chi connectivity index (χ1n) is 7.75. The fraction of sp³-hybridized carbons (Fsp3) is 0.235. The number of para-hydroxylation sites is 1. The van der Waals surface area contributed by atoms with Crippen LogP contribution >= 0.6 is 11.8 Å². The number of furan rings is 1. The van der Waals surface area contributed by atoms with Crippen molar-refractivity contribution >= 4 is 23.4 Å². The average molecular weight is 357 g/mol. The van der Waals surface area contributed by atoms with E-state index in [-0.39, 0.29) is 5.91 Å². The standard InChI is InChI=1S/C17H19N5O2S/c1-10-6-4-7-11(2)14(10)19-16(23)12(3)25-17-21-20-15(22(17)18)13-8-5-9-24-13/h4-9,12H,18H2,1-3H3,(H,19,23). The second-order valence-electron chi connectivity index (χ2n) is 5.67. The predicted molar refractivity (Wildman–Crippen MR) is 97.7 cm³/mol. The van der Waals surface area contributed by atoms with Gasteiger partial charge in [0.05, 0.1) is 11.5 Å². The van der Waals surface area contributed by atoms with Crippen molar-refractivity contribution in [3.8, 4) is 11.6 Å². The molecule has 0 aliphatic carbocycles. The number of thioether (sulfide) groups is 1. The molecule has 0 bridgehead atoms. The number of carbonyl (C=O) groups is 1. The van der Waals surface area contributed by atoms with Gasteiger partial charge in [0.2, 0.25) is 16.9 Å². The first-order chi connectivity index (χ1) is 12.0. The second-order valence-corrected chi connectivity index (χ2v) is 6.98. The van der Waals surface area contributed by atoms with Crippen molar-refractivity contribution in [2.75, 3.05) is 11.2 Å². The Morgan fingerprint density at radius 3 is 2.60 bits per heavy atom. The van der Waals surface area contributed by atoms with Gasteiger partial charge in [0, 0.05) is 5.69 Å². The van der Waals surface area contributed by atoms with Crippen molar-refractivity contribution in [3.63, 3.8) is 0 Å². The molecule has 1 unspecified atom stereocenters. The van der Waals surface area contributed by atoms with Crippen molar-refractivity contribution in [1.29, 1.82) is 0 Å². The molecule has 1 atom stereocenters. The summed E-state index contributed by atoms with van der Waals surface area (Å²) in [5, 5.41) is 11.1. The summed E-state index contributed by atoms with van der Waals surface area (Å²) >= 11 is 1.24. The fourth-order valence-electron chi connectivity index (χ4n) is 2.38. The van der Waals surface area contributed by atoms with Gasteiger partial charge in [-0.2, -0.15) is 0 Å². The zero-order valence-corrected chi connectivity index (χ0v) is 15.0. The molecule has 0 fully saturated rings. The second kappa shape index (κ2) is 7.02. The lowest BCUT2D eigenvalue weighted by atomic mass is 10.1. The van der Waals surface area contributed by atoms with E-state index in [1.165, 1.54) is 22.7 Å². The Kier molecular flexibility index (Phi) is 4.80. The number of hydrogen-bond acceptors (Lipinski definition) is 6. The van der Waals surface area contributed by atoms with Crippen LogP contribution in [0.25, 0.3) is 11.6 Å². The maximum Gasteiger partial charge on any atom is 0.237 e. The predicted octanol–water partition coefficient (Wildman–Crippen LogP) is 2.99. The highest BCUT2D eigenvalue weighted by Crippen LogP contribution is 2.26. The van der Waals surface area contributed by atoms with Crippen molar-refractivity contribution in [1.82, 2.24) is 14.9 Å². The van der Waals surface area contributed by atoms with Crippen LogP contribution in [0.15, 0.2) is 46.2 Å². The number of anilines is 1. The topological polar surface area (TPSA) is 99.0 Å². The molecule has 0 saturated carbocycles. The molecule has 2 aromatic heterocycles. The van der Waals surface area contributed by atoms with Crippen LogP contribution in [0.2, 0.25) is 0 Å². The molecule has 0 radical (unpaired) electrons. The molecule has 0 saturated heterocycles. The monoisotopic (exact) mass is 357 g/mol. The molecule has 7 nitrogen and oxygen atoms in total. The van der Waals surface area contributed by atoms with Crippen LogP contribution in [0.1, 0.15) is 18.1 Å². The van der Waals surface area contributed by atoms with Crippen LogP contribution in [-0.4, -0.2) is 26.0 Å². The van der Waals surface area contributed by atoms with Crippen LogP contribution in [-0.2, 0) is 4.79 Å². The summed E-state index contributed by atoms with van der Waals surface area (Å²) in [5.74, 6) is 6.84. The van der Waals surface area contributed by atoms with Gasteiger partial charge in [-0.1, -0.05) is 30.0 Å². The largest absolute Gasteiger partial charge is 0.461 e. The molecule has 0 spiro atoms. The molecule has 3 rings (SSSR count). The van der Waals surface area contributed by atoms with Gasteiger partial charge < -0.3 is 15.6 Å². The van der Waals surface area contributed by atoms with Gasteiger partial charge in [0.1, 0.15) is 0 Å². The Bertz CT molecular complexity index is 868. The lowest BCUT2D eigenvalue weighted by Crippen LogP contribution is -2.24. The quantitative estimate of drug-likeness (QED) is 0.538. The normalized spacial score (nSPS) is 12.1. The third-order valence-corrected chi connectivity index (χ3v) is 4.84. The van der Waals surface area contributed by atoms with Crippen LogP contribution in [0.5, 0.6) is 0 Å². The number of nitrogen functional groups attached to an aromatic ring is 1. The summed E-state index contributed by atoms with van der Waals surface area (Å²) in [6.07, 6.45) is 1.54. The van der Waals surface area contributed by atoms with Gasteiger partial charge in [-0.25, -0.2) is 4.68 Å². The van der Waals surface area contributed by atoms with E-state index in [0.717, 1.165) is 16.8 Å². The molecule has 130 valence electrons. The number of hydrogen-bond donors (Lipinski definition) is 2. The smallest absolute Gasteiger partial charge is 0.237 e. The fourth-order valence-corrected chi connectivity index (χ4v) is 3.15. The minimum absolute atomic E-state index is 0.120. The Hall–Kier alpha value is -2.74. The summed E-state index contributed by atoms with van der Waals surface area (Å²) in [6.45, 7) is 5.73. The van der Waals surface area contributed by atoms with E-state index >= 15 is 0 Å². The molecule has 2 heterocycles. The highest BCUT2D eigenvalue weighted by Gasteiger charge is 2.21. The molecule has 0 aliphatic heterocycles. The summed E-state index contributed by atoms with van der Waals surface area (Å²) < 4.78 is 6.61. The zero-order valence-electron chi connectivity index (χ0n) is 14.2. The maximum absolute atomic E-state index is 12.5. The molecule has 1 amide bonds. The first kappa shape index (κ1) is 17.1. The Morgan fingerprint density at radius 2 is 1.96 bits per heavy atom. The van der Waals surface area contributed by atoms with Crippen molar-refractivity contribution in [2.24, 2.45) is 0 Å². The Balaban J connectivity index is 1.72. The summed E-state index contributed by atoms with van der Waals surface area (Å²) in [5.41, 5.74) is 2.88. The number of nitrogens with two attached hydrogens (primary N) is 1. The third kappa shape index (κ3) is 3.53. The van der Waals surface area contributed by atoms with Crippen LogP contribution < -0.4 is 11.2 Å². The van der Waals surface area contributed by atoms with Crippen molar-refractivity contribution < 1.29 is 9.21 Å². The molecule has 0 aliphatic rings. The number of nitrogens with zero attached hydrogens (tertiary/aromatic N) is 3. The van der Waals surface area contributed by atoms with Gasteiger partial charge in [0.15, 0.2) is 5.76 Å². The van der Waals surface area contributed by atoms with E-state index in [9.17, 15) is 4.79 Å². The van der Waals surface area contributed by atoms with Gasteiger partial charge in [-0.15, -0.1) is 10.2 Å². The minimum atomic E-state index is -0.394. The van der Waals surface area contributed by atoms with Crippen LogP contribution in [0.4, 0.5) is 5.69 Å². The van der Waals surface area contributed by atoms with Gasteiger partial charge in [-0.05, 0) is 44.0 Å². The van der Waals surface area contributed by atoms with Gasteiger partial charge in [-0.3, -0.25) is 4.79 Å². The van der Waals surface area contributed by atoms with E-state index in [4.69, 9.17) is 10.3 Å². The lowest BCUT2D eigenvalue weighted by Gasteiger charge is -2.15. The molecule has 25 heavy (non-hydrogen) atoms. The molecular formula is C17H19N5O2S. The molecule has 3 aromatic rings. The number of aromatic nitrogens is 3. The minimum Gasteiger partial charge on any atom is -0.461 e. The van der Waals surface area contributed by atoms with E-state index < -0.39 is 5.25 Å². The maximum atomic E-state index is 12.5. The van der Waals surface area contributed by atoms with E-state index in [1.54, 1.807) is 19.1 Å². The number of rotatable bonds is 5. The SMILES string of the molecule is Cc1cccc(C)c1NC(=O)C(C)Sc1nnc(-c2ccco2)n1N. The van der Waals surface area contributed by atoms with Gasteiger partial charge >= 0.3 is 0 Å². The number of carbonyl (C=O) groups excluding carboxylic acids is 1. The molecule has 3 N–H and O–H groups in total. The van der Waals surface area contributed by atoms with Crippen LogP contribution in [0, 0.1) is 13.8 Å². The summed E-state index contributed by atoms with van der Waals surface area (Å²) in [4.78, 5) is 12.5. The van der Waals surface area contributed by atoms with Crippen LogP contribution in [0.3, 0.4) is 0 Å². The lowest BCUT2D eigenvalue weighted by molar-refractivity contribution is -0.115. The summed E-state index contributed by atoms with van der Waals surface area (Å²) in [7, 11) is 0. The van der Waals surface area contributed by atoms with Gasteiger partial charge in [0.25, 0.3) is 0 Å². The summed E-state index contributed by atoms with van der Waals surface area (Å²) in [6, 6.07) is 9.39.